The standard InChI is InChI=1S/2C7H9N.2ClH.Fe/c2*1-6-4-2-3-5-7(6)8;;;/h2*2-5H,8H2,1H3;2*1H;/q;;;;+2/p-2. The Bertz CT molecular complexity index is 393. The molecule has 0 spiro atoms. The molecule has 0 aromatic heterocycles. The summed E-state index contributed by atoms with van der Waals surface area (Å²) in [5, 5.41) is 0. The van der Waals surface area contributed by atoms with Crippen molar-refractivity contribution in [2.24, 2.45) is 0 Å². The van der Waals surface area contributed by atoms with Crippen LogP contribution >= 0.6 is 20.2 Å². The molecular formula is C14H18Cl2FeN2. The Morgan fingerprint density at radius 1 is 0.737 bits per heavy atom. The molecule has 2 aromatic rings. The SMILES string of the molecule is Cc1ccccc1N.Cc1ccccc1N.[Cl][Fe][Cl]. The zero-order valence-corrected chi connectivity index (χ0v) is 13.5. The van der Waals surface area contributed by atoms with Crippen molar-refractivity contribution in [3.63, 3.8) is 0 Å². The van der Waals surface area contributed by atoms with E-state index in [1.165, 1.54) is 0 Å². The van der Waals surface area contributed by atoms with Gasteiger partial charge in [0.2, 0.25) is 0 Å². The van der Waals surface area contributed by atoms with Gasteiger partial charge in [-0.25, -0.2) is 0 Å². The average Bonchev–Trinajstić information content (AvgIpc) is 2.38. The summed E-state index contributed by atoms with van der Waals surface area (Å²) in [6.07, 6.45) is 0. The van der Waals surface area contributed by atoms with Gasteiger partial charge >= 0.3 is 33.3 Å². The van der Waals surface area contributed by atoms with Crippen LogP contribution in [-0.2, 0) is 13.1 Å². The molecule has 2 aromatic carbocycles. The number of nitrogens with two attached hydrogens (primary N) is 2. The van der Waals surface area contributed by atoms with Crippen LogP contribution in [-0.4, -0.2) is 0 Å². The second-order valence-electron chi connectivity index (χ2n) is 3.76. The Hall–Kier alpha value is -0.861. The molecule has 106 valence electrons. The molecule has 2 rings (SSSR count). The summed E-state index contributed by atoms with van der Waals surface area (Å²) in [4.78, 5) is 0. The van der Waals surface area contributed by atoms with Gasteiger partial charge in [-0.1, -0.05) is 36.4 Å². The van der Waals surface area contributed by atoms with E-state index in [0.29, 0.717) is 0 Å². The predicted octanol–water partition coefficient (Wildman–Crippen LogP) is 4.53. The van der Waals surface area contributed by atoms with E-state index < -0.39 is 0 Å². The molecule has 0 atom stereocenters. The quantitative estimate of drug-likeness (QED) is 0.546. The molecule has 0 amide bonds. The van der Waals surface area contributed by atoms with Gasteiger partial charge in [0.25, 0.3) is 0 Å². The molecule has 0 saturated heterocycles. The molecular weight excluding hydrogens is 323 g/mol. The number of halogens is 2. The Balaban J connectivity index is 0.000000284. The molecule has 0 radical (unpaired) electrons. The summed E-state index contributed by atoms with van der Waals surface area (Å²) in [5.74, 6) is 0. The monoisotopic (exact) mass is 340 g/mol. The number of anilines is 2. The third kappa shape index (κ3) is 8.79. The fourth-order valence-corrected chi connectivity index (χ4v) is 1.17. The first-order valence-corrected chi connectivity index (χ1v) is 8.54. The zero-order valence-electron chi connectivity index (χ0n) is 10.9. The molecule has 0 saturated carbocycles. The van der Waals surface area contributed by atoms with Crippen LogP contribution in [0.2, 0.25) is 0 Å². The maximum atomic E-state index is 5.52. The summed E-state index contributed by atoms with van der Waals surface area (Å²) in [6, 6.07) is 15.6. The van der Waals surface area contributed by atoms with E-state index in [1.807, 2.05) is 62.4 Å². The topological polar surface area (TPSA) is 52.0 Å². The second-order valence-corrected chi connectivity index (χ2v) is 5.59. The van der Waals surface area contributed by atoms with Crippen LogP contribution in [0.3, 0.4) is 0 Å². The fourth-order valence-electron chi connectivity index (χ4n) is 1.17. The van der Waals surface area contributed by atoms with Crippen molar-refractivity contribution < 1.29 is 13.1 Å². The second kappa shape index (κ2) is 11.0. The molecule has 0 aliphatic heterocycles. The number of rotatable bonds is 0. The Labute approximate surface area is 129 Å². The van der Waals surface area contributed by atoms with Crippen molar-refractivity contribution in [1.82, 2.24) is 0 Å². The summed E-state index contributed by atoms with van der Waals surface area (Å²) in [6.45, 7) is 3.99. The van der Waals surface area contributed by atoms with Crippen molar-refractivity contribution in [2.75, 3.05) is 11.5 Å². The first-order valence-electron chi connectivity index (χ1n) is 5.50. The molecule has 0 fully saturated rings. The van der Waals surface area contributed by atoms with Crippen molar-refractivity contribution in [1.29, 1.82) is 0 Å². The van der Waals surface area contributed by atoms with Crippen molar-refractivity contribution in [3.05, 3.63) is 59.7 Å². The molecule has 0 aliphatic carbocycles. The first kappa shape index (κ1) is 18.1. The number of hydrogen-bond donors (Lipinski definition) is 2. The van der Waals surface area contributed by atoms with Crippen molar-refractivity contribution in [3.8, 4) is 0 Å². The van der Waals surface area contributed by atoms with Crippen LogP contribution in [0, 0.1) is 13.8 Å². The number of para-hydroxylation sites is 2. The van der Waals surface area contributed by atoms with Crippen LogP contribution in [0.5, 0.6) is 0 Å². The maximum absolute atomic E-state index is 5.52. The van der Waals surface area contributed by atoms with E-state index in [9.17, 15) is 0 Å². The van der Waals surface area contributed by atoms with Gasteiger partial charge in [-0.2, -0.15) is 0 Å². The van der Waals surface area contributed by atoms with Gasteiger partial charge in [0.05, 0.1) is 0 Å². The summed E-state index contributed by atoms with van der Waals surface area (Å²) < 4.78 is 0. The Morgan fingerprint density at radius 3 is 1.16 bits per heavy atom. The van der Waals surface area contributed by atoms with Crippen LogP contribution in [0.15, 0.2) is 48.5 Å². The molecule has 4 N–H and O–H groups in total. The van der Waals surface area contributed by atoms with Crippen molar-refractivity contribution >= 4 is 31.6 Å². The van der Waals surface area contributed by atoms with Gasteiger partial charge in [-0.3, -0.25) is 0 Å². The summed E-state index contributed by atoms with van der Waals surface area (Å²) >= 11 is 0.194. The average molecular weight is 341 g/mol. The first-order chi connectivity index (χ1) is 9.02. The van der Waals surface area contributed by atoms with E-state index in [-0.39, 0.29) is 13.1 Å². The number of hydrogen-bond acceptors (Lipinski definition) is 2. The van der Waals surface area contributed by atoms with Gasteiger partial charge in [0, 0.05) is 11.4 Å². The normalized spacial score (nSPS) is 8.84. The third-order valence-corrected chi connectivity index (χ3v) is 2.38. The van der Waals surface area contributed by atoms with Crippen LogP contribution in [0.25, 0.3) is 0 Å². The summed E-state index contributed by atoms with van der Waals surface area (Å²) in [7, 11) is 9.53. The van der Waals surface area contributed by atoms with Crippen LogP contribution in [0.1, 0.15) is 11.1 Å². The van der Waals surface area contributed by atoms with Gasteiger partial charge in [-0.05, 0) is 37.1 Å². The molecule has 0 aliphatic rings. The van der Waals surface area contributed by atoms with Crippen LogP contribution in [0.4, 0.5) is 11.4 Å². The summed E-state index contributed by atoms with van der Waals surface area (Å²) in [5.41, 5.74) is 15.1. The van der Waals surface area contributed by atoms with E-state index in [1.54, 1.807) is 0 Å². The fraction of sp³-hybridized carbons (Fsp3) is 0.143. The predicted molar refractivity (Wildman–Crippen MR) is 82.9 cm³/mol. The Kier molecular flexibility index (Phi) is 10.5. The molecule has 0 heterocycles. The molecule has 2 nitrogen and oxygen atoms in total. The van der Waals surface area contributed by atoms with Crippen molar-refractivity contribution in [2.45, 2.75) is 13.8 Å². The Morgan fingerprint density at radius 2 is 1.00 bits per heavy atom. The van der Waals surface area contributed by atoms with E-state index >= 15 is 0 Å². The third-order valence-electron chi connectivity index (χ3n) is 2.38. The molecule has 19 heavy (non-hydrogen) atoms. The minimum absolute atomic E-state index is 0.194. The number of nitrogen functional groups attached to an aromatic ring is 2. The number of benzene rings is 2. The van der Waals surface area contributed by atoms with Crippen LogP contribution < -0.4 is 11.5 Å². The zero-order chi connectivity index (χ0) is 14.7. The van der Waals surface area contributed by atoms with E-state index in [2.05, 4.69) is 0 Å². The number of aryl methyl sites for hydroxylation is 2. The van der Waals surface area contributed by atoms with Gasteiger partial charge < -0.3 is 11.5 Å². The van der Waals surface area contributed by atoms with E-state index in [4.69, 9.17) is 31.7 Å². The molecule has 5 heteroatoms. The minimum atomic E-state index is 0.194. The van der Waals surface area contributed by atoms with E-state index in [0.717, 1.165) is 22.5 Å². The van der Waals surface area contributed by atoms with Gasteiger partial charge in [-0.15, -0.1) is 0 Å². The molecule has 0 unspecified atom stereocenters. The molecule has 0 bridgehead atoms. The van der Waals surface area contributed by atoms with Gasteiger partial charge in [0.15, 0.2) is 0 Å². The van der Waals surface area contributed by atoms with Gasteiger partial charge in [0.1, 0.15) is 0 Å².